The molecule has 1 aromatic heterocycles. The topological polar surface area (TPSA) is 23.8 Å². The van der Waals surface area contributed by atoms with Crippen molar-refractivity contribution in [1.82, 2.24) is 0 Å². The molecule has 0 radical (unpaired) electrons. The van der Waals surface area contributed by atoms with Gasteiger partial charge in [0.15, 0.2) is 0 Å². The molecule has 1 heterocycles. The minimum absolute atomic E-state index is 0.306. The number of nitriles is 1. The fourth-order valence-corrected chi connectivity index (χ4v) is 1.89. The average molecular weight is 177 g/mol. The summed E-state index contributed by atoms with van der Waals surface area (Å²) in [6.07, 6.45) is 0. The Morgan fingerprint density at radius 3 is 3.00 bits per heavy atom. The van der Waals surface area contributed by atoms with Crippen LogP contribution in [0.25, 0.3) is 10.1 Å². The van der Waals surface area contributed by atoms with Gasteiger partial charge in [-0.2, -0.15) is 5.26 Å². The molecule has 1 nitrogen and oxygen atoms in total. The van der Waals surface area contributed by atoms with E-state index in [1.165, 1.54) is 17.4 Å². The highest BCUT2D eigenvalue weighted by atomic mass is 32.1. The predicted molar refractivity (Wildman–Crippen MR) is 46.5 cm³/mol. The van der Waals surface area contributed by atoms with Crippen molar-refractivity contribution in [3.8, 4) is 6.07 Å². The molecule has 0 aliphatic heterocycles. The van der Waals surface area contributed by atoms with Gasteiger partial charge in [0.1, 0.15) is 5.82 Å². The van der Waals surface area contributed by atoms with Crippen molar-refractivity contribution < 1.29 is 4.39 Å². The first-order valence-corrected chi connectivity index (χ1v) is 4.26. The van der Waals surface area contributed by atoms with Gasteiger partial charge in [0.2, 0.25) is 0 Å². The summed E-state index contributed by atoms with van der Waals surface area (Å²) < 4.78 is 13.7. The third-order valence-corrected chi connectivity index (χ3v) is 2.57. The summed E-state index contributed by atoms with van der Waals surface area (Å²) in [6.45, 7) is 0. The molecule has 0 bridgehead atoms. The SMILES string of the molecule is N#Cc1cc(F)c2sccc2c1. The van der Waals surface area contributed by atoms with Crippen LogP contribution in [-0.2, 0) is 0 Å². The Bertz CT molecular complexity index is 467. The highest BCUT2D eigenvalue weighted by molar-refractivity contribution is 7.17. The molecule has 2 rings (SSSR count). The third-order valence-electron chi connectivity index (χ3n) is 1.63. The number of fused-ring (bicyclic) bond motifs is 1. The first kappa shape index (κ1) is 7.26. The summed E-state index contributed by atoms with van der Waals surface area (Å²) in [5, 5.41) is 11.2. The van der Waals surface area contributed by atoms with E-state index in [4.69, 9.17) is 5.26 Å². The van der Waals surface area contributed by atoms with E-state index in [1.54, 1.807) is 6.07 Å². The molecule has 0 saturated heterocycles. The fourth-order valence-electron chi connectivity index (χ4n) is 1.10. The molecule has 0 aliphatic carbocycles. The molecule has 58 valence electrons. The van der Waals surface area contributed by atoms with Crippen LogP contribution in [0.3, 0.4) is 0 Å². The summed E-state index contributed by atoms with van der Waals surface area (Å²) in [5.74, 6) is -0.306. The minimum Gasteiger partial charge on any atom is -0.205 e. The number of rotatable bonds is 0. The number of benzene rings is 1. The molecule has 0 atom stereocenters. The average Bonchev–Trinajstić information content (AvgIpc) is 2.52. The maximum atomic E-state index is 13.1. The third kappa shape index (κ3) is 0.973. The lowest BCUT2D eigenvalue weighted by Crippen LogP contribution is -1.77. The number of nitrogens with zero attached hydrogens (tertiary/aromatic N) is 1. The Labute approximate surface area is 72.7 Å². The Morgan fingerprint density at radius 1 is 1.42 bits per heavy atom. The van der Waals surface area contributed by atoms with E-state index in [0.29, 0.717) is 10.3 Å². The lowest BCUT2D eigenvalue weighted by atomic mass is 10.2. The molecule has 12 heavy (non-hydrogen) atoms. The second-order valence-corrected chi connectivity index (χ2v) is 3.32. The van der Waals surface area contributed by atoms with Gasteiger partial charge in [-0.25, -0.2) is 4.39 Å². The van der Waals surface area contributed by atoms with Crippen LogP contribution in [-0.4, -0.2) is 0 Å². The predicted octanol–water partition coefficient (Wildman–Crippen LogP) is 2.91. The highest BCUT2D eigenvalue weighted by Gasteiger charge is 2.03. The molecular weight excluding hydrogens is 173 g/mol. The second-order valence-electron chi connectivity index (χ2n) is 2.41. The zero-order chi connectivity index (χ0) is 8.55. The highest BCUT2D eigenvalue weighted by Crippen LogP contribution is 2.24. The van der Waals surface area contributed by atoms with E-state index >= 15 is 0 Å². The molecule has 0 aliphatic rings. The van der Waals surface area contributed by atoms with Crippen LogP contribution in [0.4, 0.5) is 4.39 Å². The smallest absolute Gasteiger partial charge is 0.142 e. The van der Waals surface area contributed by atoms with Crippen LogP contribution in [0.5, 0.6) is 0 Å². The normalized spacial score (nSPS) is 10.0. The van der Waals surface area contributed by atoms with Gasteiger partial charge in [0, 0.05) is 0 Å². The van der Waals surface area contributed by atoms with Gasteiger partial charge in [-0.3, -0.25) is 0 Å². The Hall–Kier alpha value is -1.40. The van der Waals surface area contributed by atoms with Crippen LogP contribution in [0.1, 0.15) is 5.56 Å². The summed E-state index contributed by atoms with van der Waals surface area (Å²) in [4.78, 5) is 0. The van der Waals surface area contributed by atoms with Crippen molar-refractivity contribution in [2.45, 2.75) is 0 Å². The Morgan fingerprint density at radius 2 is 2.25 bits per heavy atom. The van der Waals surface area contributed by atoms with Crippen LogP contribution in [0.15, 0.2) is 23.6 Å². The maximum Gasteiger partial charge on any atom is 0.142 e. The van der Waals surface area contributed by atoms with Crippen molar-refractivity contribution in [2.24, 2.45) is 0 Å². The van der Waals surface area contributed by atoms with Crippen molar-refractivity contribution in [1.29, 1.82) is 5.26 Å². The van der Waals surface area contributed by atoms with Gasteiger partial charge in [-0.05, 0) is 29.0 Å². The summed E-state index contributed by atoms with van der Waals surface area (Å²) >= 11 is 1.35. The number of halogens is 1. The standard InChI is InChI=1S/C9H4FNS/c10-8-4-6(5-11)3-7-1-2-12-9(7)8/h1-4H. The van der Waals surface area contributed by atoms with Crippen LogP contribution < -0.4 is 0 Å². The monoisotopic (exact) mass is 177 g/mol. The van der Waals surface area contributed by atoms with E-state index in [2.05, 4.69) is 0 Å². The van der Waals surface area contributed by atoms with Crippen LogP contribution >= 0.6 is 11.3 Å². The Kier molecular flexibility index (Phi) is 1.56. The van der Waals surface area contributed by atoms with Gasteiger partial charge in [-0.15, -0.1) is 11.3 Å². The second kappa shape index (κ2) is 2.58. The van der Waals surface area contributed by atoms with E-state index in [0.717, 1.165) is 5.39 Å². The molecule has 0 amide bonds. The van der Waals surface area contributed by atoms with Gasteiger partial charge < -0.3 is 0 Å². The molecule has 3 heteroatoms. The Balaban J connectivity index is 2.86. The van der Waals surface area contributed by atoms with E-state index in [9.17, 15) is 4.39 Å². The minimum atomic E-state index is -0.306. The first-order chi connectivity index (χ1) is 5.81. The van der Waals surface area contributed by atoms with Crippen molar-refractivity contribution in [2.75, 3.05) is 0 Å². The molecule has 0 fully saturated rings. The van der Waals surface area contributed by atoms with E-state index in [1.807, 2.05) is 17.5 Å². The molecule has 0 spiro atoms. The fraction of sp³-hybridized carbons (Fsp3) is 0. The van der Waals surface area contributed by atoms with Crippen LogP contribution in [0, 0.1) is 17.1 Å². The van der Waals surface area contributed by atoms with E-state index < -0.39 is 0 Å². The molecule has 0 saturated carbocycles. The van der Waals surface area contributed by atoms with Crippen LogP contribution in [0.2, 0.25) is 0 Å². The number of thiophene rings is 1. The molecular formula is C9H4FNS. The maximum absolute atomic E-state index is 13.1. The molecule has 2 aromatic rings. The summed E-state index contributed by atoms with van der Waals surface area (Å²) in [7, 11) is 0. The summed E-state index contributed by atoms with van der Waals surface area (Å²) in [5.41, 5.74) is 0.374. The van der Waals surface area contributed by atoms with Crippen molar-refractivity contribution >= 4 is 21.4 Å². The zero-order valence-corrected chi connectivity index (χ0v) is 6.86. The van der Waals surface area contributed by atoms with Gasteiger partial charge >= 0.3 is 0 Å². The van der Waals surface area contributed by atoms with Gasteiger partial charge in [-0.1, -0.05) is 0 Å². The quantitative estimate of drug-likeness (QED) is 0.607. The van der Waals surface area contributed by atoms with Gasteiger partial charge in [0.25, 0.3) is 0 Å². The van der Waals surface area contributed by atoms with Crippen molar-refractivity contribution in [3.63, 3.8) is 0 Å². The zero-order valence-electron chi connectivity index (χ0n) is 6.04. The number of hydrogen-bond donors (Lipinski definition) is 0. The molecule has 0 unspecified atom stereocenters. The largest absolute Gasteiger partial charge is 0.205 e. The van der Waals surface area contributed by atoms with Gasteiger partial charge in [0.05, 0.1) is 16.3 Å². The van der Waals surface area contributed by atoms with E-state index in [-0.39, 0.29) is 5.82 Å². The lowest BCUT2D eigenvalue weighted by Gasteiger charge is -1.92. The number of hydrogen-bond acceptors (Lipinski definition) is 2. The summed E-state index contributed by atoms with van der Waals surface area (Å²) in [6, 6.07) is 6.68. The lowest BCUT2D eigenvalue weighted by molar-refractivity contribution is 0.641. The first-order valence-electron chi connectivity index (χ1n) is 3.38. The molecule has 0 N–H and O–H groups in total. The molecule has 1 aromatic carbocycles. The van der Waals surface area contributed by atoms with Crippen molar-refractivity contribution in [3.05, 3.63) is 35.0 Å².